The van der Waals surface area contributed by atoms with Crippen molar-refractivity contribution in [3.8, 4) is 0 Å². The van der Waals surface area contributed by atoms with Crippen LogP contribution in [0.15, 0.2) is 47.1 Å². The second kappa shape index (κ2) is 7.09. The first-order chi connectivity index (χ1) is 10.7. The van der Waals surface area contributed by atoms with Crippen molar-refractivity contribution >= 4 is 17.4 Å². The van der Waals surface area contributed by atoms with E-state index in [-0.39, 0.29) is 5.78 Å². The first-order valence-corrected chi connectivity index (χ1v) is 7.85. The lowest BCUT2D eigenvalue weighted by atomic mass is 10.2. The van der Waals surface area contributed by atoms with Crippen LogP contribution in [-0.2, 0) is 6.54 Å². The quantitative estimate of drug-likeness (QED) is 0.794. The fraction of sp³-hybridized carbons (Fsp3) is 0.353. The van der Waals surface area contributed by atoms with Gasteiger partial charge in [0.2, 0.25) is 5.78 Å². The van der Waals surface area contributed by atoms with Gasteiger partial charge in [-0.25, -0.2) is 0 Å². The lowest BCUT2D eigenvalue weighted by molar-refractivity contribution is 0.0819. The molecule has 1 aliphatic rings. The van der Waals surface area contributed by atoms with Gasteiger partial charge in [-0.15, -0.1) is 0 Å². The van der Waals surface area contributed by atoms with Crippen LogP contribution in [0.1, 0.15) is 16.1 Å². The van der Waals surface area contributed by atoms with Crippen LogP contribution in [0, 0.1) is 0 Å². The molecule has 0 saturated carbocycles. The molecule has 1 aromatic carbocycles. The van der Waals surface area contributed by atoms with E-state index in [4.69, 9.17) is 16.0 Å². The molecule has 0 radical (unpaired) electrons. The number of nitrogens with zero attached hydrogens (tertiary/aromatic N) is 2. The van der Waals surface area contributed by atoms with E-state index in [2.05, 4.69) is 15.9 Å². The summed E-state index contributed by atoms with van der Waals surface area (Å²) in [4.78, 5) is 16.6. The first-order valence-electron chi connectivity index (χ1n) is 7.47. The molecule has 0 atom stereocenters. The smallest absolute Gasteiger partial charge is 0.211 e. The highest BCUT2D eigenvalue weighted by Crippen LogP contribution is 2.18. The van der Waals surface area contributed by atoms with Crippen molar-refractivity contribution in [3.63, 3.8) is 0 Å². The van der Waals surface area contributed by atoms with Crippen LogP contribution in [0.4, 0.5) is 0 Å². The number of hydrogen-bond donors (Lipinski definition) is 0. The summed E-state index contributed by atoms with van der Waals surface area (Å²) in [6.45, 7) is 4.94. The van der Waals surface area contributed by atoms with Crippen molar-refractivity contribution in [1.82, 2.24) is 9.80 Å². The number of carbonyl (C=O) groups is 1. The molecule has 0 N–H and O–H groups in total. The van der Waals surface area contributed by atoms with Gasteiger partial charge in [-0.2, -0.15) is 0 Å². The molecule has 1 fully saturated rings. The highest BCUT2D eigenvalue weighted by atomic mass is 35.5. The number of halogens is 1. The number of rotatable bonds is 5. The standard InChI is InChI=1S/C17H19ClN2O2/c18-15-5-2-1-4-14(15)12-19-7-9-20(10-8-19)13-16(21)17-6-3-11-22-17/h1-6,11H,7-10,12-13H2. The topological polar surface area (TPSA) is 36.7 Å². The minimum Gasteiger partial charge on any atom is -0.461 e. The zero-order valence-corrected chi connectivity index (χ0v) is 13.1. The number of hydrogen-bond acceptors (Lipinski definition) is 4. The molecule has 2 aromatic rings. The number of furan rings is 1. The number of benzene rings is 1. The molecule has 22 heavy (non-hydrogen) atoms. The number of piperazine rings is 1. The largest absolute Gasteiger partial charge is 0.461 e. The molecule has 4 nitrogen and oxygen atoms in total. The van der Waals surface area contributed by atoms with Crippen LogP contribution >= 0.6 is 11.6 Å². The summed E-state index contributed by atoms with van der Waals surface area (Å²) in [5.41, 5.74) is 1.16. The molecule has 0 unspecified atom stereocenters. The third-order valence-electron chi connectivity index (χ3n) is 3.98. The summed E-state index contributed by atoms with van der Waals surface area (Å²) < 4.78 is 5.15. The van der Waals surface area contributed by atoms with Crippen molar-refractivity contribution in [3.05, 3.63) is 59.0 Å². The zero-order chi connectivity index (χ0) is 15.4. The maximum atomic E-state index is 12.0. The summed E-state index contributed by atoms with van der Waals surface area (Å²) in [6.07, 6.45) is 1.54. The lowest BCUT2D eigenvalue weighted by Crippen LogP contribution is -2.47. The Kier molecular flexibility index (Phi) is 4.93. The van der Waals surface area contributed by atoms with Crippen LogP contribution < -0.4 is 0 Å². The lowest BCUT2D eigenvalue weighted by Gasteiger charge is -2.34. The Morgan fingerprint density at radius 3 is 2.45 bits per heavy atom. The Labute approximate surface area is 135 Å². The van der Waals surface area contributed by atoms with Crippen LogP contribution in [0.25, 0.3) is 0 Å². The van der Waals surface area contributed by atoms with Crippen LogP contribution in [0.5, 0.6) is 0 Å². The molecule has 0 spiro atoms. The summed E-state index contributed by atoms with van der Waals surface area (Å²) in [6, 6.07) is 11.4. The number of carbonyl (C=O) groups excluding carboxylic acids is 1. The summed E-state index contributed by atoms with van der Waals surface area (Å²) in [5.74, 6) is 0.489. The van der Waals surface area contributed by atoms with Crippen LogP contribution in [0.2, 0.25) is 5.02 Å². The molecule has 1 aromatic heterocycles. The van der Waals surface area contributed by atoms with Crippen molar-refractivity contribution in [2.45, 2.75) is 6.54 Å². The van der Waals surface area contributed by atoms with E-state index in [1.807, 2.05) is 18.2 Å². The van der Waals surface area contributed by atoms with Gasteiger partial charge in [0, 0.05) is 37.7 Å². The van der Waals surface area contributed by atoms with E-state index >= 15 is 0 Å². The maximum Gasteiger partial charge on any atom is 0.211 e. The maximum absolute atomic E-state index is 12.0. The predicted octanol–water partition coefficient (Wildman–Crippen LogP) is 2.93. The van der Waals surface area contributed by atoms with E-state index < -0.39 is 0 Å². The monoisotopic (exact) mass is 318 g/mol. The van der Waals surface area contributed by atoms with Crippen molar-refractivity contribution in [1.29, 1.82) is 0 Å². The van der Waals surface area contributed by atoms with Crippen molar-refractivity contribution in [2.75, 3.05) is 32.7 Å². The van der Waals surface area contributed by atoms with Crippen LogP contribution in [-0.4, -0.2) is 48.3 Å². The van der Waals surface area contributed by atoms with Gasteiger partial charge in [0.15, 0.2) is 5.76 Å². The summed E-state index contributed by atoms with van der Waals surface area (Å²) >= 11 is 6.21. The summed E-state index contributed by atoms with van der Waals surface area (Å²) in [7, 11) is 0. The van der Waals surface area contributed by atoms with Gasteiger partial charge in [-0.1, -0.05) is 29.8 Å². The SMILES string of the molecule is O=C(CN1CCN(Cc2ccccc2Cl)CC1)c1ccco1. The fourth-order valence-corrected chi connectivity index (χ4v) is 2.89. The minimum absolute atomic E-state index is 0.0459. The van der Waals surface area contributed by atoms with Gasteiger partial charge in [0.05, 0.1) is 12.8 Å². The Hall–Kier alpha value is -1.62. The number of ketones is 1. The van der Waals surface area contributed by atoms with Gasteiger partial charge >= 0.3 is 0 Å². The molecular formula is C17H19ClN2O2. The van der Waals surface area contributed by atoms with E-state index in [1.54, 1.807) is 12.1 Å². The second-order valence-corrected chi connectivity index (χ2v) is 5.95. The molecule has 0 amide bonds. The molecule has 116 valence electrons. The van der Waals surface area contributed by atoms with Crippen molar-refractivity contribution < 1.29 is 9.21 Å². The average molecular weight is 319 g/mol. The number of Topliss-reactive ketones (excluding diaryl/α,β-unsaturated/α-hetero) is 1. The van der Waals surface area contributed by atoms with Gasteiger partial charge in [-0.3, -0.25) is 14.6 Å². The molecule has 1 aliphatic heterocycles. The van der Waals surface area contributed by atoms with Crippen LogP contribution in [0.3, 0.4) is 0 Å². The molecule has 3 rings (SSSR count). The van der Waals surface area contributed by atoms with Crippen molar-refractivity contribution in [2.24, 2.45) is 0 Å². The molecule has 0 aliphatic carbocycles. The van der Waals surface area contributed by atoms with Gasteiger partial charge < -0.3 is 4.42 Å². The zero-order valence-electron chi connectivity index (χ0n) is 12.4. The molecular weight excluding hydrogens is 300 g/mol. The average Bonchev–Trinajstić information content (AvgIpc) is 3.06. The molecule has 5 heteroatoms. The van der Waals surface area contributed by atoms with Gasteiger partial charge in [-0.05, 0) is 23.8 Å². The molecule has 2 heterocycles. The van der Waals surface area contributed by atoms with Gasteiger partial charge in [0.1, 0.15) is 0 Å². The summed E-state index contributed by atoms with van der Waals surface area (Å²) in [5, 5.41) is 0.818. The third kappa shape index (κ3) is 3.77. The fourth-order valence-electron chi connectivity index (χ4n) is 2.69. The first kappa shape index (κ1) is 15.3. The highest BCUT2D eigenvalue weighted by molar-refractivity contribution is 6.31. The minimum atomic E-state index is 0.0459. The Bertz CT molecular complexity index is 619. The Morgan fingerprint density at radius 2 is 1.77 bits per heavy atom. The molecule has 0 bridgehead atoms. The predicted molar refractivity (Wildman–Crippen MR) is 86.2 cm³/mol. The van der Waals surface area contributed by atoms with E-state index in [1.165, 1.54) is 6.26 Å². The highest BCUT2D eigenvalue weighted by Gasteiger charge is 2.20. The van der Waals surface area contributed by atoms with E-state index in [0.29, 0.717) is 12.3 Å². The van der Waals surface area contributed by atoms with Gasteiger partial charge in [0.25, 0.3) is 0 Å². The second-order valence-electron chi connectivity index (χ2n) is 5.54. The Balaban J connectivity index is 1.48. The van der Waals surface area contributed by atoms with E-state index in [9.17, 15) is 4.79 Å². The van der Waals surface area contributed by atoms with E-state index in [0.717, 1.165) is 43.3 Å². The third-order valence-corrected chi connectivity index (χ3v) is 4.35. The normalized spacial score (nSPS) is 16.8. The molecule has 1 saturated heterocycles. The Morgan fingerprint density at radius 1 is 1.05 bits per heavy atom.